The minimum atomic E-state index is -0.427. The Morgan fingerprint density at radius 3 is 3.00 bits per heavy atom. The summed E-state index contributed by atoms with van der Waals surface area (Å²) in [7, 11) is 0. The quantitative estimate of drug-likeness (QED) is 0.780. The highest BCUT2D eigenvalue weighted by molar-refractivity contribution is 5.98. The average Bonchev–Trinajstić information content (AvgIpc) is 2.88. The molecule has 2 heterocycles. The summed E-state index contributed by atoms with van der Waals surface area (Å²) >= 11 is 0. The molecule has 1 spiro atoms. The largest absolute Gasteiger partial charge is 0.378 e. The molecule has 0 aromatic heterocycles. The van der Waals surface area contributed by atoms with Crippen molar-refractivity contribution in [3.8, 4) is 0 Å². The lowest BCUT2D eigenvalue weighted by molar-refractivity contribution is -0.0921. The van der Waals surface area contributed by atoms with Crippen LogP contribution >= 0.6 is 0 Å². The summed E-state index contributed by atoms with van der Waals surface area (Å²) < 4.78 is 25.1. The zero-order valence-electron chi connectivity index (χ0n) is 11.7. The van der Waals surface area contributed by atoms with Crippen molar-refractivity contribution in [3.05, 3.63) is 35.1 Å². The summed E-state index contributed by atoms with van der Waals surface area (Å²) in [5.41, 5.74) is 0.797. The predicted octanol–water partition coefficient (Wildman–Crippen LogP) is 2.90. The van der Waals surface area contributed by atoms with Crippen LogP contribution < -0.4 is 0 Å². The Kier molecular flexibility index (Phi) is 3.61. The number of aryl methyl sites for hydroxylation is 1. The van der Waals surface area contributed by atoms with Crippen LogP contribution in [-0.2, 0) is 9.47 Å². The SMILES string of the molecule is Cc1ccc(F)c(C(=O)C2CCOC3(CCOC3)C2)c1. The monoisotopic (exact) mass is 278 g/mol. The molecule has 1 aromatic rings. The molecular weight excluding hydrogens is 259 g/mol. The van der Waals surface area contributed by atoms with E-state index in [-0.39, 0.29) is 22.9 Å². The van der Waals surface area contributed by atoms with Gasteiger partial charge in [0.1, 0.15) is 5.82 Å². The first kappa shape index (κ1) is 13.7. The molecule has 2 aliphatic rings. The van der Waals surface area contributed by atoms with E-state index in [0.717, 1.165) is 12.0 Å². The first-order valence-corrected chi connectivity index (χ1v) is 7.12. The number of rotatable bonds is 2. The maximum absolute atomic E-state index is 13.9. The molecule has 0 radical (unpaired) electrons. The first-order chi connectivity index (χ1) is 9.60. The molecule has 3 nitrogen and oxygen atoms in total. The number of hydrogen-bond donors (Lipinski definition) is 0. The van der Waals surface area contributed by atoms with Gasteiger partial charge in [0.2, 0.25) is 0 Å². The molecule has 2 unspecified atom stereocenters. The van der Waals surface area contributed by atoms with Gasteiger partial charge in [0, 0.05) is 25.6 Å². The molecule has 4 heteroatoms. The number of Topliss-reactive ketones (excluding diaryl/α,β-unsaturated/α-hetero) is 1. The maximum Gasteiger partial charge on any atom is 0.169 e. The highest BCUT2D eigenvalue weighted by Crippen LogP contribution is 2.37. The summed E-state index contributed by atoms with van der Waals surface area (Å²) in [5, 5.41) is 0. The lowest BCUT2D eigenvalue weighted by Crippen LogP contribution is -2.42. The van der Waals surface area contributed by atoms with Crippen LogP contribution in [0, 0.1) is 18.7 Å². The van der Waals surface area contributed by atoms with Crippen LogP contribution in [0.1, 0.15) is 35.2 Å². The zero-order valence-corrected chi connectivity index (χ0v) is 11.7. The molecule has 2 atom stereocenters. The van der Waals surface area contributed by atoms with Crippen molar-refractivity contribution in [2.45, 2.75) is 31.8 Å². The van der Waals surface area contributed by atoms with Crippen molar-refractivity contribution >= 4 is 5.78 Å². The third-order valence-electron chi connectivity index (χ3n) is 4.32. The molecule has 20 heavy (non-hydrogen) atoms. The summed E-state index contributed by atoms with van der Waals surface area (Å²) in [4.78, 5) is 12.6. The summed E-state index contributed by atoms with van der Waals surface area (Å²) in [6, 6.07) is 4.70. The second-order valence-electron chi connectivity index (χ2n) is 5.87. The fourth-order valence-corrected chi connectivity index (χ4v) is 3.16. The third kappa shape index (κ3) is 2.50. The van der Waals surface area contributed by atoms with Gasteiger partial charge in [-0.1, -0.05) is 11.6 Å². The average molecular weight is 278 g/mol. The van der Waals surface area contributed by atoms with Gasteiger partial charge >= 0.3 is 0 Å². The normalized spacial score (nSPS) is 29.8. The molecular formula is C16H19FO3. The molecule has 3 rings (SSSR count). The Balaban J connectivity index is 1.81. The Morgan fingerprint density at radius 1 is 1.40 bits per heavy atom. The molecule has 2 aliphatic heterocycles. The number of halogens is 1. The molecule has 1 aromatic carbocycles. The van der Waals surface area contributed by atoms with E-state index in [2.05, 4.69) is 0 Å². The van der Waals surface area contributed by atoms with Gasteiger partial charge < -0.3 is 9.47 Å². The standard InChI is InChI=1S/C16H19FO3/c1-11-2-3-14(17)13(8-11)15(18)12-4-6-20-16(9-12)5-7-19-10-16/h2-3,8,12H,4-7,9-10H2,1H3. The molecule has 0 aliphatic carbocycles. The smallest absolute Gasteiger partial charge is 0.169 e. The predicted molar refractivity (Wildman–Crippen MR) is 72.3 cm³/mol. The topological polar surface area (TPSA) is 35.5 Å². The number of benzene rings is 1. The Bertz CT molecular complexity index is 520. The van der Waals surface area contributed by atoms with Gasteiger partial charge in [0.05, 0.1) is 17.8 Å². The summed E-state index contributed by atoms with van der Waals surface area (Å²) in [6.07, 6.45) is 2.13. The molecule has 0 N–H and O–H groups in total. The van der Waals surface area contributed by atoms with Crippen molar-refractivity contribution in [2.75, 3.05) is 19.8 Å². The highest BCUT2D eigenvalue weighted by atomic mass is 19.1. The number of ketones is 1. The van der Waals surface area contributed by atoms with E-state index >= 15 is 0 Å². The lowest BCUT2D eigenvalue weighted by atomic mass is 9.81. The molecule has 0 bridgehead atoms. The van der Waals surface area contributed by atoms with Gasteiger partial charge in [0.15, 0.2) is 5.78 Å². The van der Waals surface area contributed by atoms with Gasteiger partial charge in [-0.15, -0.1) is 0 Å². The van der Waals surface area contributed by atoms with E-state index in [1.165, 1.54) is 6.07 Å². The minimum absolute atomic E-state index is 0.0965. The summed E-state index contributed by atoms with van der Waals surface area (Å²) in [6.45, 7) is 3.65. The van der Waals surface area contributed by atoms with Crippen molar-refractivity contribution in [1.82, 2.24) is 0 Å². The van der Waals surface area contributed by atoms with Gasteiger partial charge in [-0.3, -0.25) is 4.79 Å². The molecule has 2 fully saturated rings. The van der Waals surface area contributed by atoms with Crippen LogP contribution in [-0.4, -0.2) is 31.2 Å². The van der Waals surface area contributed by atoms with E-state index < -0.39 is 5.82 Å². The first-order valence-electron chi connectivity index (χ1n) is 7.12. The van der Waals surface area contributed by atoms with E-state index in [1.807, 2.05) is 6.92 Å². The number of ether oxygens (including phenoxy) is 2. The van der Waals surface area contributed by atoms with Crippen LogP contribution in [0.15, 0.2) is 18.2 Å². The van der Waals surface area contributed by atoms with Gasteiger partial charge in [-0.25, -0.2) is 4.39 Å². The van der Waals surface area contributed by atoms with Crippen LogP contribution in [0.4, 0.5) is 4.39 Å². The number of carbonyl (C=O) groups is 1. The van der Waals surface area contributed by atoms with Gasteiger partial charge in [0.25, 0.3) is 0 Å². The van der Waals surface area contributed by atoms with Crippen molar-refractivity contribution in [1.29, 1.82) is 0 Å². The van der Waals surface area contributed by atoms with Crippen LogP contribution in [0.3, 0.4) is 0 Å². The second-order valence-corrected chi connectivity index (χ2v) is 5.87. The van der Waals surface area contributed by atoms with Crippen molar-refractivity contribution in [3.63, 3.8) is 0 Å². The zero-order chi connectivity index (χ0) is 14.2. The molecule has 2 saturated heterocycles. The molecule has 108 valence electrons. The van der Waals surface area contributed by atoms with E-state index in [1.54, 1.807) is 12.1 Å². The fourth-order valence-electron chi connectivity index (χ4n) is 3.16. The van der Waals surface area contributed by atoms with E-state index in [0.29, 0.717) is 32.7 Å². The minimum Gasteiger partial charge on any atom is -0.378 e. The van der Waals surface area contributed by atoms with Crippen molar-refractivity contribution < 1.29 is 18.7 Å². The summed E-state index contributed by atoms with van der Waals surface area (Å²) in [5.74, 6) is -0.689. The van der Waals surface area contributed by atoms with E-state index in [4.69, 9.17) is 9.47 Å². The number of hydrogen-bond acceptors (Lipinski definition) is 3. The van der Waals surface area contributed by atoms with Crippen molar-refractivity contribution in [2.24, 2.45) is 5.92 Å². The Hall–Kier alpha value is -1.26. The van der Waals surface area contributed by atoms with Crippen LogP contribution in [0.2, 0.25) is 0 Å². The Labute approximate surface area is 118 Å². The van der Waals surface area contributed by atoms with Gasteiger partial charge in [-0.2, -0.15) is 0 Å². The maximum atomic E-state index is 13.9. The Morgan fingerprint density at radius 2 is 2.25 bits per heavy atom. The van der Waals surface area contributed by atoms with Crippen LogP contribution in [0.25, 0.3) is 0 Å². The lowest BCUT2D eigenvalue weighted by Gasteiger charge is -2.36. The molecule has 0 saturated carbocycles. The number of carbonyl (C=O) groups excluding carboxylic acids is 1. The second kappa shape index (κ2) is 5.26. The fraction of sp³-hybridized carbons (Fsp3) is 0.562. The molecule has 0 amide bonds. The highest BCUT2D eigenvalue weighted by Gasteiger charge is 2.43. The van der Waals surface area contributed by atoms with Crippen LogP contribution in [0.5, 0.6) is 0 Å². The van der Waals surface area contributed by atoms with Gasteiger partial charge in [-0.05, 0) is 31.9 Å². The van der Waals surface area contributed by atoms with E-state index in [9.17, 15) is 9.18 Å². The third-order valence-corrected chi connectivity index (χ3v) is 4.32.